The number of sulfonamides is 1. The fourth-order valence-electron chi connectivity index (χ4n) is 4.62. The molecular weight excluding hydrogens is 609 g/mol. The van der Waals surface area contributed by atoms with Crippen LogP contribution in [0.25, 0.3) is 0 Å². The Labute approximate surface area is 265 Å². The molecule has 0 saturated heterocycles. The van der Waals surface area contributed by atoms with Gasteiger partial charge in [0.15, 0.2) is 0 Å². The van der Waals surface area contributed by atoms with E-state index in [1.807, 2.05) is 44.2 Å². The van der Waals surface area contributed by atoms with Gasteiger partial charge in [-0.05, 0) is 49.6 Å². The number of hydrogen-bond acceptors (Lipinski definition) is 5. The lowest BCUT2D eigenvalue weighted by Crippen LogP contribution is -2.52. The van der Waals surface area contributed by atoms with E-state index in [1.165, 1.54) is 16.3 Å². The second-order valence-corrected chi connectivity index (χ2v) is 13.1. The van der Waals surface area contributed by atoms with Crippen molar-refractivity contribution >= 4 is 50.7 Å². The normalized spacial score (nSPS) is 12.7. The van der Waals surface area contributed by atoms with Crippen LogP contribution in [0.4, 0.5) is 5.69 Å². The predicted molar refractivity (Wildman–Crippen MR) is 173 cm³/mol. The molecule has 2 atom stereocenters. The summed E-state index contributed by atoms with van der Waals surface area (Å²) < 4.78 is 31.9. The van der Waals surface area contributed by atoms with E-state index in [0.717, 1.165) is 18.2 Å². The molecule has 0 bridgehead atoms. The van der Waals surface area contributed by atoms with Crippen LogP contribution in [0, 0.1) is 0 Å². The topological polar surface area (TPSA) is 96.0 Å². The fourth-order valence-corrected chi connectivity index (χ4v) is 6.09. The van der Waals surface area contributed by atoms with E-state index in [4.69, 9.17) is 27.9 Å². The molecule has 0 saturated carbocycles. The molecule has 43 heavy (non-hydrogen) atoms. The number of hydrogen-bond donors (Lipinski definition) is 1. The van der Waals surface area contributed by atoms with E-state index in [0.29, 0.717) is 27.0 Å². The Morgan fingerprint density at radius 1 is 0.977 bits per heavy atom. The molecule has 8 nitrogen and oxygen atoms in total. The van der Waals surface area contributed by atoms with Crippen LogP contribution < -0.4 is 14.4 Å². The molecule has 0 heterocycles. The van der Waals surface area contributed by atoms with Gasteiger partial charge in [0.05, 0.1) is 19.1 Å². The van der Waals surface area contributed by atoms with E-state index >= 15 is 0 Å². The largest absolute Gasteiger partial charge is 0.497 e. The molecule has 1 N–H and O–H groups in total. The smallest absolute Gasteiger partial charge is 0.243 e. The van der Waals surface area contributed by atoms with Crippen molar-refractivity contribution in [2.45, 2.75) is 58.2 Å². The van der Waals surface area contributed by atoms with Crippen molar-refractivity contribution in [3.05, 3.63) is 94.0 Å². The highest BCUT2D eigenvalue weighted by Crippen LogP contribution is 2.28. The lowest BCUT2D eigenvalue weighted by Gasteiger charge is -2.33. The Balaban J connectivity index is 1.94. The molecule has 232 valence electrons. The number of methoxy groups -OCH3 is 1. The number of carbonyl (C=O) groups excluding carboxylic acids is 2. The summed E-state index contributed by atoms with van der Waals surface area (Å²) in [6.45, 7) is 3.95. The predicted octanol–water partition coefficient (Wildman–Crippen LogP) is 6.10. The molecule has 0 aliphatic rings. The van der Waals surface area contributed by atoms with Crippen molar-refractivity contribution in [2.75, 3.05) is 24.2 Å². The van der Waals surface area contributed by atoms with Gasteiger partial charge in [-0.3, -0.25) is 13.9 Å². The Morgan fingerprint density at radius 2 is 1.63 bits per heavy atom. The first-order chi connectivity index (χ1) is 20.4. The van der Waals surface area contributed by atoms with Crippen molar-refractivity contribution in [3.63, 3.8) is 0 Å². The standard InChI is InChI=1S/C32H39Cl2N3O5S/c1-5-23(2)35-32(39)30(20-24-12-7-6-8-13-24)36(22-27-28(33)16-10-17-29(27)34)31(38)18-11-19-37(43(4,40)41)25-14-9-15-26(21-25)42-3/h6-10,12-17,21,23,30H,5,11,18-20,22H2,1-4H3,(H,35,39)/t23-,30+/m1/s1. The summed E-state index contributed by atoms with van der Waals surface area (Å²) in [5.74, 6) is -0.0970. The Kier molecular flexibility index (Phi) is 12.7. The highest BCUT2D eigenvalue weighted by molar-refractivity contribution is 7.92. The molecule has 2 amide bonds. The molecule has 11 heteroatoms. The summed E-state index contributed by atoms with van der Waals surface area (Å²) in [6, 6.07) is 20.3. The van der Waals surface area contributed by atoms with Gasteiger partial charge in [0, 0.05) is 53.6 Å². The van der Waals surface area contributed by atoms with E-state index in [2.05, 4.69) is 5.32 Å². The molecule has 3 aromatic rings. The van der Waals surface area contributed by atoms with Gasteiger partial charge in [0.1, 0.15) is 11.8 Å². The zero-order valence-electron chi connectivity index (χ0n) is 24.9. The van der Waals surface area contributed by atoms with Crippen LogP contribution in [0.15, 0.2) is 72.8 Å². The van der Waals surface area contributed by atoms with Gasteiger partial charge in [0.25, 0.3) is 0 Å². The van der Waals surface area contributed by atoms with Gasteiger partial charge in [-0.15, -0.1) is 0 Å². The van der Waals surface area contributed by atoms with Gasteiger partial charge in [0.2, 0.25) is 21.8 Å². The molecule has 0 spiro atoms. The van der Waals surface area contributed by atoms with E-state index in [-0.39, 0.29) is 50.2 Å². The average Bonchev–Trinajstić information content (AvgIpc) is 2.98. The van der Waals surface area contributed by atoms with E-state index in [9.17, 15) is 18.0 Å². The quantitative estimate of drug-likeness (QED) is 0.215. The first kappa shape index (κ1) is 34.2. The molecule has 0 aliphatic heterocycles. The van der Waals surface area contributed by atoms with Crippen molar-refractivity contribution in [2.24, 2.45) is 0 Å². The first-order valence-corrected chi connectivity index (χ1v) is 16.7. The highest BCUT2D eigenvalue weighted by Gasteiger charge is 2.32. The van der Waals surface area contributed by atoms with Crippen LogP contribution in [0.1, 0.15) is 44.2 Å². The Bertz CT molecular complexity index is 1470. The summed E-state index contributed by atoms with van der Waals surface area (Å²) in [6.07, 6.45) is 2.31. The minimum absolute atomic E-state index is 0.00837. The van der Waals surface area contributed by atoms with Crippen molar-refractivity contribution < 1.29 is 22.7 Å². The number of benzene rings is 3. The maximum Gasteiger partial charge on any atom is 0.243 e. The summed E-state index contributed by atoms with van der Waals surface area (Å²) in [5.41, 5.74) is 1.85. The number of anilines is 1. The minimum Gasteiger partial charge on any atom is -0.497 e. The van der Waals surface area contributed by atoms with Gasteiger partial charge in [-0.2, -0.15) is 0 Å². The molecule has 0 unspecified atom stereocenters. The van der Waals surface area contributed by atoms with Crippen LogP contribution in [-0.2, 0) is 32.6 Å². The van der Waals surface area contributed by atoms with Crippen molar-refractivity contribution in [1.82, 2.24) is 10.2 Å². The SMILES string of the molecule is CC[C@@H](C)NC(=O)[C@H](Cc1ccccc1)N(Cc1c(Cl)cccc1Cl)C(=O)CCCN(c1cccc(OC)c1)S(C)(=O)=O. The second-order valence-electron chi connectivity index (χ2n) is 10.4. The van der Waals surface area contributed by atoms with Crippen molar-refractivity contribution in [1.29, 1.82) is 0 Å². The maximum atomic E-state index is 14.0. The second kappa shape index (κ2) is 16.0. The maximum absolute atomic E-state index is 14.0. The third-order valence-corrected chi connectivity index (χ3v) is 9.06. The molecule has 0 aromatic heterocycles. The van der Waals surface area contributed by atoms with Crippen molar-refractivity contribution in [3.8, 4) is 5.75 Å². The number of nitrogens with zero attached hydrogens (tertiary/aromatic N) is 2. The van der Waals surface area contributed by atoms with Gasteiger partial charge < -0.3 is 15.0 Å². The Hall–Kier alpha value is -3.27. The third kappa shape index (κ3) is 9.88. The molecular formula is C32H39Cl2N3O5S. The van der Waals surface area contributed by atoms with Gasteiger partial charge in [-0.1, -0.05) is 72.6 Å². The lowest BCUT2D eigenvalue weighted by atomic mass is 10.0. The zero-order valence-corrected chi connectivity index (χ0v) is 27.3. The monoisotopic (exact) mass is 647 g/mol. The molecule has 0 radical (unpaired) electrons. The van der Waals surface area contributed by atoms with Gasteiger partial charge in [-0.25, -0.2) is 8.42 Å². The number of halogens is 2. The summed E-state index contributed by atoms with van der Waals surface area (Å²) in [7, 11) is -2.15. The van der Waals surface area contributed by atoms with Crippen LogP contribution >= 0.6 is 23.2 Å². The molecule has 0 fully saturated rings. The molecule has 3 rings (SSSR count). The summed E-state index contributed by atoms with van der Waals surface area (Å²) in [4.78, 5) is 29.2. The summed E-state index contributed by atoms with van der Waals surface area (Å²) >= 11 is 13.0. The lowest BCUT2D eigenvalue weighted by molar-refractivity contribution is -0.141. The van der Waals surface area contributed by atoms with Crippen LogP contribution in [0.3, 0.4) is 0 Å². The minimum atomic E-state index is -3.65. The zero-order chi connectivity index (χ0) is 31.6. The van der Waals surface area contributed by atoms with E-state index < -0.39 is 16.1 Å². The van der Waals surface area contributed by atoms with E-state index in [1.54, 1.807) is 42.5 Å². The third-order valence-electron chi connectivity index (χ3n) is 7.16. The number of rotatable bonds is 15. The number of nitrogens with one attached hydrogen (secondary N) is 1. The Morgan fingerprint density at radius 3 is 2.23 bits per heavy atom. The van der Waals surface area contributed by atoms with Crippen LogP contribution in [0.2, 0.25) is 10.0 Å². The highest BCUT2D eigenvalue weighted by atomic mass is 35.5. The average molecular weight is 649 g/mol. The fraction of sp³-hybridized carbons (Fsp3) is 0.375. The van der Waals surface area contributed by atoms with Gasteiger partial charge >= 0.3 is 0 Å². The number of carbonyl (C=O) groups is 2. The number of ether oxygens (including phenoxy) is 1. The molecule has 3 aromatic carbocycles. The summed E-state index contributed by atoms with van der Waals surface area (Å²) in [5, 5.41) is 3.79. The van der Waals surface area contributed by atoms with Crippen LogP contribution in [-0.4, -0.2) is 57.1 Å². The number of amides is 2. The molecule has 0 aliphatic carbocycles. The first-order valence-electron chi connectivity index (χ1n) is 14.1. The van der Waals surface area contributed by atoms with Crippen LogP contribution in [0.5, 0.6) is 5.75 Å².